The molecule has 1 N–H and O–H groups in total. The third kappa shape index (κ3) is 2.28. The monoisotopic (exact) mass is 314 g/mol. The van der Waals surface area contributed by atoms with Crippen LogP contribution in [0.2, 0.25) is 0 Å². The molecule has 2 fully saturated rings. The van der Waals surface area contributed by atoms with Gasteiger partial charge in [0, 0.05) is 24.5 Å². The number of nitrogens with zero attached hydrogens (tertiary/aromatic N) is 1. The van der Waals surface area contributed by atoms with Gasteiger partial charge in [-0.25, -0.2) is 0 Å². The summed E-state index contributed by atoms with van der Waals surface area (Å²) in [5.74, 6) is 0.854. The van der Waals surface area contributed by atoms with Gasteiger partial charge in [0.15, 0.2) is 0 Å². The Balaban J connectivity index is 1.70. The summed E-state index contributed by atoms with van der Waals surface area (Å²) in [5.41, 5.74) is 0.825. The molecule has 1 aromatic heterocycles. The molecule has 3 rings (SSSR count). The van der Waals surface area contributed by atoms with Gasteiger partial charge in [0.25, 0.3) is 5.91 Å². The van der Waals surface area contributed by atoms with Gasteiger partial charge >= 0.3 is 0 Å². The lowest BCUT2D eigenvalue weighted by Crippen LogP contribution is -2.46. The van der Waals surface area contributed by atoms with E-state index in [2.05, 4.69) is 21.2 Å². The van der Waals surface area contributed by atoms with Gasteiger partial charge in [-0.05, 0) is 47.3 Å². The van der Waals surface area contributed by atoms with Crippen LogP contribution in [0.25, 0.3) is 0 Å². The Morgan fingerprint density at radius 2 is 2.41 bits per heavy atom. The Hall–Kier alpha value is -0.390. The number of halogens is 1. The first-order valence-electron chi connectivity index (χ1n) is 6.01. The predicted octanol–water partition coefficient (Wildman–Crippen LogP) is 2.33. The average molecular weight is 315 g/mol. The number of fused-ring (bicyclic) bond motifs is 1. The Morgan fingerprint density at radius 3 is 3.18 bits per heavy atom. The lowest BCUT2D eigenvalue weighted by Gasteiger charge is -2.34. The van der Waals surface area contributed by atoms with Gasteiger partial charge in [0.2, 0.25) is 0 Å². The molecule has 0 aromatic carbocycles. The molecule has 2 aliphatic heterocycles. The number of hydrogen-bond donors (Lipinski definition) is 1. The van der Waals surface area contributed by atoms with Crippen LogP contribution in [0.3, 0.4) is 0 Å². The van der Waals surface area contributed by atoms with Crippen LogP contribution in [0.1, 0.15) is 23.2 Å². The van der Waals surface area contributed by atoms with E-state index in [1.165, 1.54) is 6.42 Å². The maximum atomic E-state index is 12.3. The lowest BCUT2D eigenvalue weighted by molar-refractivity contribution is 0.0662. The molecule has 2 unspecified atom stereocenters. The van der Waals surface area contributed by atoms with E-state index in [9.17, 15) is 4.79 Å². The van der Waals surface area contributed by atoms with E-state index in [4.69, 9.17) is 0 Å². The van der Waals surface area contributed by atoms with E-state index in [0.717, 1.165) is 35.4 Å². The van der Waals surface area contributed by atoms with Gasteiger partial charge in [-0.15, -0.1) is 11.3 Å². The highest BCUT2D eigenvalue weighted by Crippen LogP contribution is 2.27. The number of hydrogen-bond acceptors (Lipinski definition) is 3. The van der Waals surface area contributed by atoms with Gasteiger partial charge in [-0.1, -0.05) is 0 Å². The molecule has 2 atom stereocenters. The molecule has 0 radical (unpaired) electrons. The first-order chi connectivity index (χ1) is 8.24. The van der Waals surface area contributed by atoms with Crippen molar-refractivity contribution >= 4 is 33.2 Å². The molecule has 2 aliphatic rings. The molecule has 1 aromatic rings. The highest BCUT2D eigenvalue weighted by Gasteiger charge is 2.34. The molecule has 1 amide bonds. The van der Waals surface area contributed by atoms with Crippen molar-refractivity contribution in [2.24, 2.45) is 5.92 Å². The smallest absolute Gasteiger partial charge is 0.254 e. The standard InChI is InChI=1S/C12H15BrN2OS/c13-11-5-9(7-17-11)12(16)15-4-2-10-8(6-15)1-3-14-10/h5,7-8,10,14H,1-4,6H2. The molecule has 0 bridgehead atoms. The Morgan fingerprint density at radius 1 is 1.53 bits per heavy atom. The van der Waals surface area contributed by atoms with Crippen molar-refractivity contribution in [2.75, 3.05) is 19.6 Å². The molecule has 3 heterocycles. The topological polar surface area (TPSA) is 32.3 Å². The minimum atomic E-state index is 0.192. The Labute approximate surface area is 113 Å². The van der Waals surface area contributed by atoms with Crippen LogP contribution in [0.4, 0.5) is 0 Å². The fourth-order valence-corrected chi connectivity index (χ4v) is 3.97. The molecule has 17 heavy (non-hydrogen) atoms. The summed E-state index contributed by atoms with van der Waals surface area (Å²) in [6.45, 7) is 2.92. The molecule has 2 saturated heterocycles. The molecular weight excluding hydrogens is 300 g/mol. The van der Waals surface area contributed by atoms with E-state index in [0.29, 0.717) is 12.0 Å². The van der Waals surface area contributed by atoms with Crippen molar-refractivity contribution in [3.05, 3.63) is 20.8 Å². The van der Waals surface area contributed by atoms with Gasteiger partial charge in [-0.2, -0.15) is 0 Å². The van der Waals surface area contributed by atoms with Gasteiger partial charge in [-0.3, -0.25) is 4.79 Å². The number of carbonyl (C=O) groups excluding carboxylic acids is 1. The maximum absolute atomic E-state index is 12.3. The molecule has 92 valence electrons. The van der Waals surface area contributed by atoms with E-state index in [1.54, 1.807) is 11.3 Å². The van der Waals surface area contributed by atoms with Crippen molar-refractivity contribution in [3.63, 3.8) is 0 Å². The zero-order valence-electron chi connectivity index (χ0n) is 9.49. The number of carbonyl (C=O) groups is 1. The molecule has 0 spiro atoms. The van der Waals surface area contributed by atoms with Crippen LogP contribution in [0.15, 0.2) is 15.2 Å². The summed E-state index contributed by atoms with van der Waals surface area (Å²) < 4.78 is 1.03. The highest BCUT2D eigenvalue weighted by molar-refractivity contribution is 9.11. The van der Waals surface area contributed by atoms with Crippen molar-refractivity contribution < 1.29 is 4.79 Å². The summed E-state index contributed by atoms with van der Waals surface area (Å²) in [7, 11) is 0. The van der Waals surface area contributed by atoms with E-state index < -0.39 is 0 Å². The second kappa shape index (κ2) is 4.71. The Bertz CT molecular complexity index is 434. The number of rotatable bonds is 1. The first kappa shape index (κ1) is 11.7. The quantitative estimate of drug-likeness (QED) is 0.863. The normalized spacial score (nSPS) is 28.2. The van der Waals surface area contributed by atoms with E-state index in [-0.39, 0.29) is 5.91 Å². The minimum Gasteiger partial charge on any atom is -0.338 e. The second-order valence-electron chi connectivity index (χ2n) is 4.79. The average Bonchev–Trinajstić information content (AvgIpc) is 2.95. The number of thiophene rings is 1. The van der Waals surface area contributed by atoms with Crippen molar-refractivity contribution in [2.45, 2.75) is 18.9 Å². The fraction of sp³-hybridized carbons (Fsp3) is 0.583. The molecule has 0 aliphatic carbocycles. The summed E-state index contributed by atoms with van der Waals surface area (Å²) in [6.07, 6.45) is 2.31. The van der Waals surface area contributed by atoms with Crippen LogP contribution in [0.5, 0.6) is 0 Å². The van der Waals surface area contributed by atoms with Crippen LogP contribution in [-0.2, 0) is 0 Å². The van der Waals surface area contributed by atoms with E-state index >= 15 is 0 Å². The molecular formula is C12H15BrN2OS. The predicted molar refractivity (Wildman–Crippen MR) is 72.4 cm³/mol. The van der Waals surface area contributed by atoms with Crippen LogP contribution >= 0.6 is 27.3 Å². The number of likely N-dealkylation sites (tertiary alicyclic amines) is 1. The zero-order valence-corrected chi connectivity index (χ0v) is 11.9. The number of nitrogens with one attached hydrogen (secondary N) is 1. The zero-order chi connectivity index (χ0) is 11.8. The summed E-state index contributed by atoms with van der Waals surface area (Å²) in [5, 5.41) is 5.45. The highest BCUT2D eigenvalue weighted by atomic mass is 79.9. The van der Waals surface area contributed by atoms with Crippen LogP contribution in [0, 0.1) is 5.92 Å². The summed E-state index contributed by atoms with van der Waals surface area (Å²) >= 11 is 4.98. The van der Waals surface area contributed by atoms with Crippen molar-refractivity contribution in [1.29, 1.82) is 0 Å². The third-order valence-electron chi connectivity index (χ3n) is 3.76. The third-order valence-corrected chi connectivity index (χ3v) is 5.26. The van der Waals surface area contributed by atoms with Crippen molar-refractivity contribution in [1.82, 2.24) is 10.2 Å². The number of amides is 1. The van der Waals surface area contributed by atoms with Crippen LogP contribution in [-0.4, -0.2) is 36.5 Å². The summed E-state index contributed by atoms with van der Waals surface area (Å²) in [6, 6.07) is 2.57. The SMILES string of the molecule is O=C(c1csc(Br)c1)N1CCC2NCCC2C1. The number of piperidine rings is 1. The van der Waals surface area contributed by atoms with Crippen LogP contribution < -0.4 is 5.32 Å². The Kier molecular flexibility index (Phi) is 3.23. The van der Waals surface area contributed by atoms with Gasteiger partial charge in [0.1, 0.15) is 0 Å². The van der Waals surface area contributed by atoms with Gasteiger partial charge < -0.3 is 10.2 Å². The van der Waals surface area contributed by atoms with E-state index in [1.807, 2.05) is 16.3 Å². The molecule has 5 heteroatoms. The first-order valence-corrected chi connectivity index (χ1v) is 7.68. The van der Waals surface area contributed by atoms with Gasteiger partial charge in [0.05, 0.1) is 9.35 Å². The molecule has 0 saturated carbocycles. The largest absolute Gasteiger partial charge is 0.338 e. The molecule has 3 nitrogen and oxygen atoms in total. The fourth-order valence-electron chi connectivity index (χ4n) is 2.84. The van der Waals surface area contributed by atoms with Crippen molar-refractivity contribution in [3.8, 4) is 0 Å². The maximum Gasteiger partial charge on any atom is 0.254 e. The summed E-state index contributed by atoms with van der Waals surface area (Å²) in [4.78, 5) is 14.3. The lowest BCUT2D eigenvalue weighted by atomic mass is 9.93. The minimum absolute atomic E-state index is 0.192. The second-order valence-corrected chi connectivity index (χ2v) is 7.08.